The summed E-state index contributed by atoms with van der Waals surface area (Å²) in [5.74, 6) is 0.862. The van der Waals surface area contributed by atoms with Crippen LogP contribution in [0.4, 0.5) is 0 Å². The molecule has 0 unspecified atom stereocenters. The number of nitrogens with zero attached hydrogens (tertiary/aromatic N) is 1. The molecule has 2 aromatic heterocycles. The molecule has 80 valence electrons. The van der Waals surface area contributed by atoms with Crippen molar-refractivity contribution in [2.75, 3.05) is 7.11 Å². The molecule has 0 aliphatic heterocycles. The minimum absolute atomic E-state index is 0.862. The van der Waals surface area contributed by atoms with Gasteiger partial charge in [0.15, 0.2) is 0 Å². The lowest BCUT2D eigenvalue weighted by Crippen LogP contribution is -1.82. The Morgan fingerprint density at radius 3 is 3.06 bits per heavy atom. The SMILES string of the molecule is COc1c[nH]c2cccc(-c3nccs3)c12. The number of H-pyrrole nitrogens is 1. The van der Waals surface area contributed by atoms with Gasteiger partial charge in [-0.05, 0) is 6.07 Å². The predicted molar refractivity (Wildman–Crippen MR) is 66.0 cm³/mol. The van der Waals surface area contributed by atoms with Crippen LogP contribution in [0.2, 0.25) is 0 Å². The zero-order chi connectivity index (χ0) is 11.0. The minimum atomic E-state index is 0.862. The number of hydrogen-bond acceptors (Lipinski definition) is 3. The summed E-state index contributed by atoms with van der Waals surface area (Å²) in [5.41, 5.74) is 2.19. The van der Waals surface area contributed by atoms with Crippen LogP contribution in [-0.2, 0) is 0 Å². The maximum Gasteiger partial charge on any atom is 0.144 e. The lowest BCUT2D eigenvalue weighted by molar-refractivity contribution is 0.420. The van der Waals surface area contributed by atoms with Crippen molar-refractivity contribution < 1.29 is 4.74 Å². The van der Waals surface area contributed by atoms with Gasteiger partial charge in [0.05, 0.1) is 12.5 Å². The maximum absolute atomic E-state index is 5.35. The molecule has 1 aromatic carbocycles. The number of hydrogen-bond donors (Lipinski definition) is 1. The second kappa shape index (κ2) is 3.64. The third-order valence-corrected chi connectivity index (χ3v) is 3.36. The van der Waals surface area contributed by atoms with Gasteiger partial charge in [-0.25, -0.2) is 4.98 Å². The fourth-order valence-corrected chi connectivity index (χ4v) is 2.52. The van der Waals surface area contributed by atoms with E-state index in [2.05, 4.69) is 16.0 Å². The monoisotopic (exact) mass is 230 g/mol. The molecule has 0 radical (unpaired) electrons. The van der Waals surface area contributed by atoms with Crippen molar-refractivity contribution >= 4 is 22.2 Å². The Hall–Kier alpha value is -1.81. The van der Waals surface area contributed by atoms with Crippen LogP contribution in [0.3, 0.4) is 0 Å². The first-order chi connectivity index (χ1) is 7.90. The number of rotatable bonds is 2. The molecule has 3 rings (SSSR count). The molecule has 16 heavy (non-hydrogen) atoms. The first-order valence-corrected chi connectivity index (χ1v) is 5.82. The van der Waals surface area contributed by atoms with Crippen LogP contribution < -0.4 is 4.74 Å². The third-order valence-electron chi connectivity index (χ3n) is 2.55. The molecule has 0 atom stereocenters. The van der Waals surface area contributed by atoms with E-state index in [9.17, 15) is 0 Å². The van der Waals surface area contributed by atoms with Gasteiger partial charge in [-0.1, -0.05) is 12.1 Å². The standard InChI is InChI=1S/C12H10N2OS/c1-15-10-7-14-9-4-2-3-8(11(9)10)12-13-5-6-16-12/h2-7,14H,1H3. The van der Waals surface area contributed by atoms with Crippen LogP contribution in [0.15, 0.2) is 36.0 Å². The van der Waals surface area contributed by atoms with Crippen molar-refractivity contribution in [3.8, 4) is 16.3 Å². The van der Waals surface area contributed by atoms with Gasteiger partial charge < -0.3 is 9.72 Å². The van der Waals surface area contributed by atoms with Crippen LogP contribution in [0, 0.1) is 0 Å². The van der Waals surface area contributed by atoms with E-state index >= 15 is 0 Å². The van der Waals surface area contributed by atoms with Gasteiger partial charge in [0.1, 0.15) is 10.8 Å². The smallest absolute Gasteiger partial charge is 0.144 e. The molecule has 3 nitrogen and oxygen atoms in total. The molecule has 0 saturated heterocycles. The summed E-state index contributed by atoms with van der Waals surface area (Å²) in [6, 6.07) is 6.13. The summed E-state index contributed by atoms with van der Waals surface area (Å²) < 4.78 is 5.35. The van der Waals surface area contributed by atoms with Gasteiger partial charge in [-0.15, -0.1) is 11.3 Å². The van der Waals surface area contributed by atoms with Crippen LogP contribution >= 0.6 is 11.3 Å². The van der Waals surface area contributed by atoms with Crippen molar-refractivity contribution in [2.24, 2.45) is 0 Å². The molecule has 3 aromatic rings. The number of thiazole rings is 1. The maximum atomic E-state index is 5.35. The van der Waals surface area contributed by atoms with Crippen molar-refractivity contribution in [3.63, 3.8) is 0 Å². The second-order valence-electron chi connectivity index (χ2n) is 3.42. The number of aromatic amines is 1. The summed E-state index contributed by atoms with van der Waals surface area (Å²) in [5, 5.41) is 4.09. The summed E-state index contributed by atoms with van der Waals surface area (Å²) in [6.07, 6.45) is 3.69. The fraction of sp³-hybridized carbons (Fsp3) is 0.0833. The van der Waals surface area contributed by atoms with Crippen LogP contribution in [0.25, 0.3) is 21.5 Å². The number of nitrogens with one attached hydrogen (secondary N) is 1. The third kappa shape index (κ3) is 1.31. The number of benzene rings is 1. The Morgan fingerprint density at radius 1 is 1.38 bits per heavy atom. The van der Waals surface area contributed by atoms with Gasteiger partial charge in [-0.2, -0.15) is 0 Å². The molecule has 0 amide bonds. The number of methoxy groups -OCH3 is 1. The Balaban J connectivity index is 2.35. The number of aromatic nitrogens is 2. The molecule has 0 saturated carbocycles. The van der Waals surface area contributed by atoms with Gasteiger partial charge in [-0.3, -0.25) is 0 Å². The average Bonchev–Trinajstić information content (AvgIpc) is 2.97. The Bertz CT molecular complexity index is 613. The quantitative estimate of drug-likeness (QED) is 0.733. The van der Waals surface area contributed by atoms with Crippen LogP contribution in [0.5, 0.6) is 5.75 Å². The van der Waals surface area contributed by atoms with E-state index in [1.54, 1.807) is 18.4 Å². The normalized spacial score (nSPS) is 10.8. The zero-order valence-corrected chi connectivity index (χ0v) is 9.54. The second-order valence-corrected chi connectivity index (χ2v) is 4.32. The number of ether oxygens (including phenoxy) is 1. The Labute approximate surface area is 96.7 Å². The van der Waals surface area contributed by atoms with Crippen LogP contribution in [0.1, 0.15) is 0 Å². The average molecular weight is 230 g/mol. The van der Waals surface area contributed by atoms with Gasteiger partial charge >= 0.3 is 0 Å². The van der Waals surface area contributed by atoms with Crippen molar-refractivity contribution in [3.05, 3.63) is 36.0 Å². The highest BCUT2D eigenvalue weighted by molar-refractivity contribution is 7.13. The minimum Gasteiger partial charge on any atom is -0.494 e. The molecule has 0 aliphatic rings. The first kappa shape index (κ1) is 9.42. The summed E-state index contributed by atoms with van der Waals surface area (Å²) in [6.45, 7) is 0. The highest BCUT2D eigenvalue weighted by Gasteiger charge is 2.11. The highest BCUT2D eigenvalue weighted by atomic mass is 32.1. The molecule has 0 spiro atoms. The lowest BCUT2D eigenvalue weighted by atomic mass is 10.1. The van der Waals surface area contributed by atoms with E-state index in [-0.39, 0.29) is 0 Å². The molecule has 1 N–H and O–H groups in total. The number of fused-ring (bicyclic) bond motifs is 1. The largest absolute Gasteiger partial charge is 0.494 e. The van der Waals surface area contributed by atoms with Crippen molar-refractivity contribution in [1.82, 2.24) is 9.97 Å². The molecular weight excluding hydrogens is 220 g/mol. The zero-order valence-electron chi connectivity index (χ0n) is 8.73. The van der Waals surface area contributed by atoms with Gasteiger partial charge in [0.25, 0.3) is 0 Å². The summed E-state index contributed by atoms with van der Waals surface area (Å²) in [4.78, 5) is 7.53. The van der Waals surface area contributed by atoms with E-state index < -0.39 is 0 Å². The van der Waals surface area contributed by atoms with E-state index in [1.807, 2.05) is 29.9 Å². The molecule has 0 fully saturated rings. The Morgan fingerprint density at radius 2 is 2.31 bits per heavy atom. The Kier molecular flexibility index (Phi) is 2.15. The molecule has 4 heteroatoms. The highest BCUT2D eigenvalue weighted by Crippen LogP contribution is 2.35. The lowest BCUT2D eigenvalue weighted by Gasteiger charge is -2.02. The molecular formula is C12H10N2OS. The first-order valence-electron chi connectivity index (χ1n) is 4.94. The van der Waals surface area contributed by atoms with Gasteiger partial charge in [0, 0.05) is 28.9 Å². The molecule has 0 aliphatic carbocycles. The van der Waals surface area contributed by atoms with E-state index in [4.69, 9.17) is 4.74 Å². The van der Waals surface area contributed by atoms with Crippen LogP contribution in [-0.4, -0.2) is 17.1 Å². The van der Waals surface area contributed by atoms with Crippen molar-refractivity contribution in [2.45, 2.75) is 0 Å². The van der Waals surface area contributed by atoms with E-state index in [1.165, 1.54) is 0 Å². The van der Waals surface area contributed by atoms with E-state index in [0.717, 1.165) is 27.2 Å². The summed E-state index contributed by atoms with van der Waals surface area (Å²) in [7, 11) is 1.68. The van der Waals surface area contributed by atoms with E-state index in [0.29, 0.717) is 0 Å². The fourth-order valence-electron chi connectivity index (χ4n) is 1.85. The van der Waals surface area contributed by atoms with Crippen molar-refractivity contribution in [1.29, 1.82) is 0 Å². The topological polar surface area (TPSA) is 37.9 Å². The predicted octanol–water partition coefficient (Wildman–Crippen LogP) is 3.30. The summed E-state index contributed by atoms with van der Waals surface area (Å²) >= 11 is 1.63. The molecule has 0 bridgehead atoms. The molecule has 2 heterocycles. The van der Waals surface area contributed by atoms with Gasteiger partial charge in [0.2, 0.25) is 0 Å².